The lowest BCUT2D eigenvalue weighted by atomic mass is 9.95. The number of anilines is 1. The summed E-state index contributed by atoms with van der Waals surface area (Å²) in [5.41, 5.74) is 11.4. The smallest absolute Gasteiger partial charge is 0.216 e. The highest BCUT2D eigenvalue weighted by Gasteiger charge is 2.14. The number of hydrogen-bond donors (Lipinski definition) is 5. The van der Waals surface area contributed by atoms with Crippen LogP contribution in [0.5, 0.6) is 0 Å². The van der Waals surface area contributed by atoms with E-state index in [2.05, 4.69) is 15.6 Å². The van der Waals surface area contributed by atoms with Gasteiger partial charge in [0, 0.05) is 62.2 Å². The van der Waals surface area contributed by atoms with E-state index in [4.69, 9.17) is 16.6 Å². The molecular weight excluding hydrogens is 400 g/mol. The molecule has 32 heavy (non-hydrogen) atoms. The highest BCUT2D eigenvalue weighted by atomic mass is 16.1. The highest BCUT2D eigenvalue weighted by molar-refractivity contribution is 6.47. The number of nitrogens with zero attached hydrogens (tertiary/aromatic N) is 1. The Morgan fingerprint density at radius 1 is 1.00 bits per heavy atom. The van der Waals surface area contributed by atoms with Gasteiger partial charge in [0.1, 0.15) is 0 Å². The molecule has 0 aliphatic heterocycles. The summed E-state index contributed by atoms with van der Waals surface area (Å²) in [6.07, 6.45) is 3.82. The van der Waals surface area contributed by atoms with Crippen LogP contribution in [0.3, 0.4) is 0 Å². The van der Waals surface area contributed by atoms with Crippen molar-refractivity contribution >= 4 is 23.0 Å². The fourth-order valence-electron chi connectivity index (χ4n) is 3.35. The van der Waals surface area contributed by atoms with Crippen molar-refractivity contribution in [2.45, 2.75) is 19.9 Å². The van der Waals surface area contributed by atoms with Gasteiger partial charge in [-0.1, -0.05) is 36.4 Å². The van der Waals surface area contributed by atoms with E-state index >= 15 is 0 Å². The summed E-state index contributed by atoms with van der Waals surface area (Å²) in [5.74, 6) is -0.0404. The predicted octanol–water partition coefficient (Wildman–Crippen LogP) is 3.19. The Morgan fingerprint density at radius 2 is 1.81 bits per heavy atom. The van der Waals surface area contributed by atoms with E-state index in [0.717, 1.165) is 22.3 Å². The molecule has 0 aliphatic carbocycles. The molecular formula is C25H28N6O. The molecule has 0 saturated carbocycles. The number of pyridine rings is 1. The van der Waals surface area contributed by atoms with Crippen LogP contribution < -0.4 is 16.4 Å². The summed E-state index contributed by atoms with van der Waals surface area (Å²) in [6.45, 7) is 3.42. The topological polar surface area (TPSA) is 128 Å². The Kier molecular flexibility index (Phi) is 7.83. The van der Waals surface area contributed by atoms with Gasteiger partial charge in [0.2, 0.25) is 5.91 Å². The van der Waals surface area contributed by atoms with Crippen molar-refractivity contribution in [3.63, 3.8) is 0 Å². The van der Waals surface area contributed by atoms with Crippen LogP contribution in [0.2, 0.25) is 0 Å². The lowest BCUT2D eigenvalue weighted by Crippen LogP contribution is -2.29. The molecule has 0 bridgehead atoms. The van der Waals surface area contributed by atoms with Crippen LogP contribution in [0.25, 0.3) is 11.1 Å². The first-order chi connectivity index (χ1) is 15.4. The maximum absolute atomic E-state index is 10.9. The summed E-state index contributed by atoms with van der Waals surface area (Å²) >= 11 is 0. The third kappa shape index (κ3) is 6.33. The molecule has 6 N–H and O–H groups in total. The number of rotatable bonds is 10. The van der Waals surface area contributed by atoms with Gasteiger partial charge in [-0.05, 0) is 34.9 Å². The van der Waals surface area contributed by atoms with Crippen molar-refractivity contribution in [2.75, 3.05) is 18.8 Å². The normalized spacial score (nSPS) is 10.5. The number of nitrogen functional groups attached to an aromatic ring is 1. The molecule has 7 heteroatoms. The molecule has 0 radical (unpaired) electrons. The lowest BCUT2D eigenvalue weighted by molar-refractivity contribution is -0.118. The Balaban J connectivity index is 1.65. The lowest BCUT2D eigenvalue weighted by Gasteiger charge is -2.12. The van der Waals surface area contributed by atoms with Gasteiger partial charge in [-0.25, -0.2) is 0 Å². The number of aromatic nitrogens is 1. The second-order valence-corrected chi connectivity index (χ2v) is 7.55. The van der Waals surface area contributed by atoms with Crippen LogP contribution in [0.4, 0.5) is 5.69 Å². The number of carbonyl (C=O) groups excluding carboxylic acids is 1. The molecule has 1 aromatic heterocycles. The molecule has 0 saturated heterocycles. The summed E-state index contributed by atoms with van der Waals surface area (Å²) < 4.78 is 0. The second-order valence-electron chi connectivity index (χ2n) is 7.55. The van der Waals surface area contributed by atoms with Gasteiger partial charge in [0.05, 0.1) is 11.4 Å². The maximum Gasteiger partial charge on any atom is 0.216 e. The maximum atomic E-state index is 10.9. The minimum absolute atomic E-state index is 0.0404. The fourth-order valence-corrected chi connectivity index (χ4v) is 3.35. The number of amides is 1. The zero-order valence-electron chi connectivity index (χ0n) is 18.1. The van der Waals surface area contributed by atoms with Crippen LogP contribution in [0.1, 0.15) is 23.6 Å². The zero-order valence-corrected chi connectivity index (χ0v) is 18.1. The summed E-state index contributed by atoms with van der Waals surface area (Å²) in [6, 6.07) is 17.3. The monoisotopic (exact) mass is 428 g/mol. The molecule has 1 amide bonds. The average molecular weight is 429 g/mol. The van der Waals surface area contributed by atoms with Crippen LogP contribution >= 0.6 is 0 Å². The standard InChI is InChI=1S/C25H28N6O/c1-17(32)31-11-10-30-15-19-5-2-4-18(12-19)13-24(27)25(28)22-14-20(7-8-23(22)26)21-6-3-9-29-16-21/h2-9,12,14,16,27-28,30H,10-11,13,15,26H2,1H3,(H,31,32). The molecule has 1 heterocycles. The van der Waals surface area contributed by atoms with Gasteiger partial charge in [0.25, 0.3) is 0 Å². The predicted molar refractivity (Wildman–Crippen MR) is 129 cm³/mol. The molecule has 3 aromatic rings. The molecule has 0 unspecified atom stereocenters. The molecule has 3 rings (SSSR count). The average Bonchev–Trinajstić information content (AvgIpc) is 2.79. The van der Waals surface area contributed by atoms with Crippen LogP contribution in [0, 0.1) is 10.8 Å². The first-order valence-electron chi connectivity index (χ1n) is 10.4. The Morgan fingerprint density at radius 3 is 2.56 bits per heavy atom. The van der Waals surface area contributed by atoms with Gasteiger partial charge < -0.3 is 21.8 Å². The molecule has 164 valence electrons. The Labute approximate surface area is 188 Å². The van der Waals surface area contributed by atoms with Crippen molar-refractivity contribution in [3.8, 4) is 11.1 Å². The van der Waals surface area contributed by atoms with Crippen molar-refractivity contribution < 1.29 is 4.79 Å². The van der Waals surface area contributed by atoms with Crippen molar-refractivity contribution in [3.05, 3.63) is 83.7 Å². The van der Waals surface area contributed by atoms with E-state index < -0.39 is 0 Å². The zero-order chi connectivity index (χ0) is 22.9. The Hall–Kier alpha value is -3.84. The summed E-state index contributed by atoms with van der Waals surface area (Å²) in [7, 11) is 0. The minimum Gasteiger partial charge on any atom is -0.398 e. The van der Waals surface area contributed by atoms with Crippen LogP contribution in [-0.4, -0.2) is 35.4 Å². The van der Waals surface area contributed by atoms with Gasteiger partial charge in [-0.15, -0.1) is 0 Å². The van der Waals surface area contributed by atoms with Gasteiger partial charge in [-0.2, -0.15) is 0 Å². The van der Waals surface area contributed by atoms with Crippen LogP contribution in [0.15, 0.2) is 67.0 Å². The quantitative estimate of drug-likeness (QED) is 0.193. The number of nitrogens with two attached hydrogens (primary N) is 1. The number of hydrogen-bond acceptors (Lipinski definition) is 6. The minimum atomic E-state index is -0.0404. The third-order valence-corrected chi connectivity index (χ3v) is 5.00. The number of carbonyl (C=O) groups is 1. The molecule has 7 nitrogen and oxygen atoms in total. The second kappa shape index (κ2) is 11.0. The van der Waals surface area contributed by atoms with Gasteiger partial charge >= 0.3 is 0 Å². The van der Waals surface area contributed by atoms with Crippen molar-refractivity contribution in [1.82, 2.24) is 15.6 Å². The largest absolute Gasteiger partial charge is 0.398 e. The SMILES string of the molecule is CC(=O)NCCNCc1cccc(CC(=N)C(=N)c2cc(-c3cccnc3)ccc2N)c1. The first kappa shape index (κ1) is 22.8. The molecule has 0 spiro atoms. The van der Waals surface area contributed by atoms with Crippen molar-refractivity contribution in [1.29, 1.82) is 10.8 Å². The number of nitrogens with one attached hydrogen (secondary N) is 4. The van der Waals surface area contributed by atoms with E-state index in [9.17, 15) is 4.79 Å². The molecule has 0 atom stereocenters. The summed E-state index contributed by atoms with van der Waals surface area (Å²) in [4.78, 5) is 15.1. The van der Waals surface area contributed by atoms with E-state index in [-0.39, 0.29) is 17.3 Å². The van der Waals surface area contributed by atoms with E-state index in [1.54, 1.807) is 18.5 Å². The highest BCUT2D eigenvalue weighted by Crippen LogP contribution is 2.24. The third-order valence-electron chi connectivity index (χ3n) is 5.00. The Bertz CT molecular complexity index is 1110. The van der Waals surface area contributed by atoms with E-state index in [1.807, 2.05) is 48.5 Å². The fraction of sp³-hybridized carbons (Fsp3) is 0.200. The van der Waals surface area contributed by atoms with Crippen molar-refractivity contribution in [2.24, 2.45) is 0 Å². The molecule has 0 fully saturated rings. The van der Waals surface area contributed by atoms with Gasteiger partial charge in [-0.3, -0.25) is 15.2 Å². The van der Waals surface area contributed by atoms with Gasteiger partial charge in [0.15, 0.2) is 0 Å². The van der Waals surface area contributed by atoms with E-state index in [1.165, 1.54) is 6.92 Å². The van der Waals surface area contributed by atoms with Crippen LogP contribution in [-0.2, 0) is 17.8 Å². The number of benzene rings is 2. The molecule has 2 aromatic carbocycles. The molecule has 0 aliphatic rings. The first-order valence-corrected chi connectivity index (χ1v) is 10.4. The summed E-state index contributed by atoms with van der Waals surface area (Å²) in [5, 5.41) is 23.1. The van der Waals surface area contributed by atoms with E-state index in [0.29, 0.717) is 37.3 Å².